The largest absolute Gasteiger partial charge is 0.494 e. The van der Waals surface area contributed by atoms with Crippen molar-refractivity contribution < 1.29 is 4.74 Å². The van der Waals surface area contributed by atoms with E-state index in [1.807, 2.05) is 49.6 Å². The number of nitrogens with one attached hydrogen (secondary N) is 1. The molecule has 0 aliphatic rings. The molecule has 0 aliphatic carbocycles. The number of ether oxygens (including phenoxy) is 1. The van der Waals surface area contributed by atoms with Gasteiger partial charge in [-0.25, -0.2) is 0 Å². The molecule has 1 heterocycles. The number of aromatic nitrogens is 2. The maximum atomic E-state index is 5.58. The summed E-state index contributed by atoms with van der Waals surface area (Å²) in [5.41, 5.74) is 0. The maximum absolute atomic E-state index is 5.58. The second-order valence-corrected chi connectivity index (χ2v) is 3.82. The van der Waals surface area contributed by atoms with E-state index >= 15 is 0 Å². The molecule has 0 aliphatic heterocycles. The van der Waals surface area contributed by atoms with E-state index < -0.39 is 0 Å². The predicted molar refractivity (Wildman–Crippen MR) is 68.3 cm³/mol. The minimum Gasteiger partial charge on any atom is -0.494 e. The van der Waals surface area contributed by atoms with Crippen molar-refractivity contribution in [3.05, 3.63) is 42.6 Å². The fraction of sp³-hybridized carbons (Fsp3) is 0.308. The van der Waals surface area contributed by atoms with E-state index in [1.54, 1.807) is 4.68 Å². The van der Waals surface area contributed by atoms with Gasteiger partial charge in [-0.05, 0) is 18.6 Å². The van der Waals surface area contributed by atoms with Crippen molar-refractivity contribution in [2.24, 2.45) is 7.05 Å². The Bertz CT molecular complexity index is 439. The standard InChI is InChI=1S/C13H17N3O/c1-16-10-8-13(15-16)14-9-5-11-17-12-6-3-2-4-7-12/h2-4,6-8,10H,5,9,11H2,1H3,(H,14,15). The smallest absolute Gasteiger partial charge is 0.147 e. The minimum absolute atomic E-state index is 0.712. The number of aryl methyl sites for hydroxylation is 1. The third-order valence-corrected chi connectivity index (χ3v) is 2.35. The highest BCUT2D eigenvalue weighted by Crippen LogP contribution is 2.08. The lowest BCUT2D eigenvalue weighted by Crippen LogP contribution is -2.07. The van der Waals surface area contributed by atoms with Crippen LogP contribution in [0.2, 0.25) is 0 Å². The Morgan fingerprint density at radius 3 is 2.76 bits per heavy atom. The predicted octanol–water partition coefficient (Wildman–Crippen LogP) is 2.30. The van der Waals surface area contributed by atoms with Crippen LogP contribution in [0.15, 0.2) is 42.6 Å². The van der Waals surface area contributed by atoms with Gasteiger partial charge < -0.3 is 10.1 Å². The van der Waals surface area contributed by atoms with Crippen LogP contribution in [0.5, 0.6) is 5.75 Å². The van der Waals surface area contributed by atoms with Gasteiger partial charge in [-0.1, -0.05) is 18.2 Å². The van der Waals surface area contributed by atoms with Gasteiger partial charge in [0.1, 0.15) is 11.6 Å². The fourth-order valence-electron chi connectivity index (χ4n) is 1.50. The van der Waals surface area contributed by atoms with Gasteiger partial charge in [-0.2, -0.15) is 5.10 Å². The Kier molecular flexibility index (Phi) is 4.02. The number of anilines is 1. The monoisotopic (exact) mass is 231 g/mol. The number of benzene rings is 1. The van der Waals surface area contributed by atoms with Crippen molar-refractivity contribution in [1.29, 1.82) is 0 Å². The molecular weight excluding hydrogens is 214 g/mol. The maximum Gasteiger partial charge on any atom is 0.147 e. The SMILES string of the molecule is Cn1ccc(NCCCOc2ccccc2)n1. The van der Waals surface area contributed by atoms with Gasteiger partial charge in [0.25, 0.3) is 0 Å². The summed E-state index contributed by atoms with van der Waals surface area (Å²) in [6, 6.07) is 11.8. The van der Waals surface area contributed by atoms with Crippen LogP contribution in [0.25, 0.3) is 0 Å². The molecule has 0 radical (unpaired) electrons. The van der Waals surface area contributed by atoms with Crippen LogP contribution in [0, 0.1) is 0 Å². The van der Waals surface area contributed by atoms with Crippen LogP contribution in [0.3, 0.4) is 0 Å². The molecule has 0 atom stereocenters. The molecule has 0 unspecified atom stereocenters. The van der Waals surface area contributed by atoms with E-state index in [2.05, 4.69) is 10.4 Å². The Morgan fingerprint density at radius 2 is 2.06 bits per heavy atom. The first-order valence-corrected chi connectivity index (χ1v) is 5.76. The van der Waals surface area contributed by atoms with E-state index in [0.29, 0.717) is 6.61 Å². The van der Waals surface area contributed by atoms with E-state index in [9.17, 15) is 0 Å². The van der Waals surface area contributed by atoms with Crippen molar-refractivity contribution in [1.82, 2.24) is 9.78 Å². The Labute approximate surface area is 101 Å². The Balaban J connectivity index is 1.61. The number of para-hydroxylation sites is 1. The summed E-state index contributed by atoms with van der Waals surface area (Å²) in [6.45, 7) is 1.58. The van der Waals surface area contributed by atoms with Crippen LogP contribution < -0.4 is 10.1 Å². The first kappa shape index (κ1) is 11.5. The molecule has 1 aromatic heterocycles. The average Bonchev–Trinajstić information content (AvgIpc) is 2.76. The van der Waals surface area contributed by atoms with Crippen molar-refractivity contribution in [3.63, 3.8) is 0 Å². The number of hydrogen-bond acceptors (Lipinski definition) is 3. The summed E-state index contributed by atoms with van der Waals surface area (Å²) in [7, 11) is 1.91. The van der Waals surface area contributed by atoms with Gasteiger partial charge in [-0.15, -0.1) is 0 Å². The van der Waals surface area contributed by atoms with Crippen LogP contribution in [0.4, 0.5) is 5.82 Å². The highest BCUT2D eigenvalue weighted by Gasteiger charge is 1.95. The lowest BCUT2D eigenvalue weighted by atomic mass is 10.3. The van der Waals surface area contributed by atoms with E-state index in [1.165, 1.54) is 0 Å². The van der Waals surface area contributed by atoms with Crippen molar-refractivity contribution in [2.45, 2.75) is 6.42 Å². The summed E-state index contributed by atoms with van der Waals surface area (Å²) in [5, 5.41) is 7.47. The van der Waals surface area contributed by atoms with Crippen LogP contribution in [0.1, 0.15) is 6.42 Å². The van der Waals surface area contributed by atoms with E-state index in [-0.39, 0.29) is 0 Å². The molecule has 4 nitrogen and oxygen atoms in total. The number of rotatable bonds is 6. The second-order valence-electron chi connectivity index (χ2n) is 3.82. The molecule has 1 N–H and O–H groups in total. The molecule has 1 aromatic carbocycles. The fourth-order valence-corrected chi connectivity index (χ4v) is 1.50. The molecule has 0 amide bonds. The third-order valence-electron chi connectivity index (χ3n) is 2.35. The van der Waals surface area contributed by atoms with Gasteiger partial charge >= 0.3 is 0 Å². The zero-order chi connectivity index (χ0) is 11.9. The second kappa shape index (κ2) is 5.94. The summed E-state index contributed by atoms with van der Waals surface area (Å²) < 4.78 is 7.36. The molecule has 0 fully saturated rings. The summed E-state index contributed by atoms with van der Waals surface area (Å²) in [6.07, 6.45) is 2.87. The topological polar surface area (TPSA) is 39.1 Å². The van der Waals surface area contributed by atoms with Gasteiger partial charge in [-0.3, -0.25) is 4.68 Å². The molecule has 0 saturated carbocycles. The van der Waals surface area contributed by atoms with Crippen molar-refractivity contribution in [3.8, 4) is 5.75 Å². The highest BCUT2D eigenvalue weighted by atomic mass is 16.5. The summed E-state index contributed by atoms with van der Waals surface area (Å²) >= 11 is 0. The third kappa shape index (κ3) is 3.83. The lowest BCUT2D eigenvalue weighted by Gasteiger charge is -2.06. The summed E-state index contributed by atoms with van der Waals surface area (Å²) in [4.78, 5) is 0. The van der Waals surface area contributed by atoms with Crippen molar-refractivity contribution in [2.75, 3.05) is 18.5 Å². The quantitative estimate of drug-likeness (QED) is 0.775. The van der Waals surface area contributed by atoms with Gasteiger partial charge in [0, 0.05) is 25.9 Å². The zero-order valence-electron chi connectivity index (χ0n) is 9.97. The first-order valence-electron chi connectivity index (χ1n) is 5.76. The van der Waals surface area contributed by atoms with Gasteiger partial charge in [0.15, 0.2) is 0 Å². The van der Waals surface area contributed by atoms with Gasteiger partial charge in [0.05, 0.1) is 6.61 Å². The van der Waals surface area contributed by atoms with Gasteiger partial charge in [0.2, 0.25) is 0 Å². The normalized spacial score (nSPS) is 10.2. The number of nitrogens with zero attached hydrogens (tertiary/aromatic N) is 2. The van der Waals surface area contributed by atoms with Crippen molar-refractivity contribution >= 4 is 5.82 Å². The number of hydrogen-bond donors (Lipinski definition) is 1. The molecule has 4 heteroatoms. The first-order chi connectivity index (χ1) is 8.34. The van der Waals surface area contributed by atoms with Crippen LogP contribution in [-0.4, -0.2) is 22.9 Å². The molecule has 0 bridgehead atoms. The molecule has 90 valence electrons. The molecule has 17 heavy (non-hydrogen) atoms. The zero-order valence-corrected chi connectivity index (χ0v) is 9.97. The van der Waals surface area contributed by atoms with E-state index in [4.69, 9.17) is 4.74 Å². The molecule has 0 saturated heterocycles. The molecular formula is C13H17N3O. The Morgan fingerprint density at radius 1 is 1.24 bits per heavy atom. The van der Waals surface area contributed by atoms with E-state index in [0.717, 1.165) is 24.5 Å². The molecule has 2 aromatic rings. The molecule has 2 rings (SSSR count). The summed E-state index contributed by atoms with van der Waals surface area (Å²) in [5.74, 6) is 1.83. The van der Waals surface area contributed by atoms with Crippen LogP contribution >= 0.6 is 0 Å². The minimum atomic E-state index is 0.712. The molecule has 0 spiro atoms. The average molecular weight is 231 g/mol. The lowest BCUT2D eigenvalue weighted by molar-refractivity contribution is 0.315. The Hall–Kier alpha value is -1.97. The van der Waals surface area contributed by atoms with Crippen LogP contribution in [-0.2, 0) is 7.05 Å². The highest BCUT2D eigenvalue weighted by molar-refractivity contribution is 5.31.